The summed E-state index contributed by atoms with van der Waals surface area (Å²) in [7, 11) is 0. The molecule has 0 radical (unpaired) electrons. The van der Waals surface area contributed by atoms with Crippen molar-refractivity contribution in [1.29, 1.82) is 0 Å². The number of aryl methyl sites for hydroxylation is 1. The van der Waals surface area contributed by atoms with Gasteiger partial charge in [0.25, 0.3) is 11.1 Å². The lowest BCUT2D eigenvalue weighted by Crippen LogP contribution is -2.33. The number of imide groups is 1. The number of carbonyl (C=O) groups excluding carboxylic acids is 2. The number of nitrogens with zero attached hydrogens (tertiary/aromatic N) is 1. The number of nitrogens with two attached hydrogens (primary N) is 1. The van der Waals surface area contributed by atoms with Crippen molar-refractivity contribution in [3.8, 4) is 0 Å². The quantitative estimate of drug-likeness (QED) is 0.860. The summed E-state index contributed by atoms with van der Waals surface area (Å²) in [6.45, 7) is 4.59. The first-order chi connectivity index (χ1) is 9.04. The zero-order valence-electron chi connectivity index (χ0n) is 11.0. The number of thioether (sulfide) groups is 1. The summed E-state index contributed by atoms with van der Waals surface area (Å²) in [5.74, 6) is -0.249. The molecule has 4 nitrogen and oxygen atoms in total. The molecule has 0 spiro atoms. The smallest absolute Gasteiger partial charge is 0.293 e. The first-order valence-corrected chi connectivity index (χ1v) is 6.88. The van der Waals surface area contributed by atoms with E-state index in [1.807, 2.05) is 32.0 Å². The van der Waals surface area contributed by atoms with E-state index in [2.05, 4.69) is 0 Å². The second-order valence-corrected chi connectivity index (χ2v) is 5.40. The van der Waals surface area contributed by atoms with Crippen molar-refractivity contribution in [3.63, 3.8) is 0 Å². The Bertz CT molecular complexity index is 567. The average molecular weight is 276 g/mol. The molecule has 0 saturated carbocycles. The van der Waals surface area contributed by atoms with Crippen LogP contribution < -0.4 is 5.73 Å². The fourth-order valence-corrected chi connectivity index (χ4v) is 2.75. The number of rotatable bonds is 3. The van der Waals surface area contributed by atoms with Crippen LogP contribution in [0.1, 0.15) is 16.7 Å². The summed E-state index contributed by atoms with van der Waals surface area (Å²) in [6, 6.07) is 5.91. The van der Waals surface area contributed by atoms with Crippen LogP contribution in [0.3, 0.4) is 0 Å². The van der Waals surface area contributed by atoms with Gasteiger partial charge >= 0.3 is 0 Å². The van der Waals surface area contributed by atoms with Crippen LogP contribution in [-0.4, -0.2) is 29.1 Å². The largest absolute Gasteiger partial charge is 0.329 e. The molecular formula is C14H16N2O2S. The SMILES string of the molecule is Cc1cccc(C=C2SC(=O)N(CCN)C2=O)c1C. The Kier molecular flexibility index (Phi) is 4.07. The Morgan fingerprint density at radius 3 is 2.74 bits per heavy atom. The fourth-order valence-electron chi connectivity index (χ4n) is 1.89. The van der Waals surface area contributed by atoms with Crippen LogP contribution in [0.4, 0.5) is 4.79 Å². The van der Waals surface area contributed by atoms with Crippen LogP contribution in [-0.2, 0) is 4.79 Å². The second kappa shape index (κ2) is 5.59. The van der Waals surface area contributed by atoms with Gasteiger partial charge in [0.05, 0.1) is 4.91 Å². The monoisotopic (exact) mass is 276 g/mol. The number of amides is 2. The normalized spacial score (nSPS) is 17.6. The standard InChI is InChI=1S/C14H16N2O2S/c1-9-4-3-5-11(10(9)2)8-12-13(17)16(7-6-15)14(18)19-12/h3-5,8H,6-7,15H2,1-2H3. The molecule has 19 heavy (non-hydrogen) atoms. The second-order valence-electron chi connectivity index (χ2n) is 4.41. The molecule has 0 bridgehead atoms. The van der Waals surface area contributed by atoms with Crippen molar-refractivity contribution in [1.82, 2.24) is 4.90 Å². The van der Waals surface area contributed by atoms with Crippen LogP contribution in [0, 0.1) is 13.8 Å². The van der Waals surface area contributed by atoms with Crippen LogP contribution >= 0.6 is 11.8 Å². The Hall–Kier alpha value is -1.59. The predicted octanol–water partition coefficient (Wildman–Crippen LogP) is 2.30. The number of hydrogen-bond donors (Lipinski definition) is 1. The maximum Gasteiger partial charge on any atom is 0.293 e. The highest BCUT2D eigenvalue weighted by atomic mass is 32.2. The molecule has 2 N–H and O–H groups in total. The molecule has 100 valence electrons. The van der Waals surface area contributed by atoms with Gasteiger partial charge in [-0.15, -0.1) is 0 Å². The summed E-state index contributed by atoms with van der Waals surface area (Å²) < 4.78 is 0. The van der Waals surface area contributed by atoms with Gasteiger partial charge in [-0.1, -0.05) is 18.2 Å². The number of benzene rings is 1. The van der Waals surface area contributed by atoms with E-state index >= 15 is 0 Å². The molecule has 0 aromatic heterocycles. The summed E-state index contributed by atoms with van der Waals surface area (Å²) >= 11 is 0.974. The van der Waals surface area contributed by atoms with Crippen molar-refractivity contribution in [2.24, 2.45) is 5.73 Å². The van der Waals surface area contributed by atoms with Crippen LogP contribution in [0.5, 0.6) is 0 Å². The zero-order valence-corrected chi connectivity index (χ0v) is 11.8. The molecule has 1 aromatic carbocycles. The van der Waals surface area contributed by atoms with E-state index < -0.39 is 0 Å². The van der Waals surface area contributed by atoms with Gasteiger partial charge in [-0.25, -0.2) is 0 Å². The Labute approximate surface area is 116 Å². The maximum atomic E-state index is 12.1. The van der Waals surface area contributed by atoms with E-state index in [1.165, 1.54) is 4.90 Å². The third-order valence-electron chi connectivity index (χ3n) is 3.16. The Balaban J connectivity index is 2.32. The molecule has 1 fully saturated rings. The highest BCUT2D eigenvalue weighted by Gasteiger charge is 2.34. The van der Waals surface area contributed by atoms with Gasteiger partial charge in [-0.3, -0.25) is 14.5 Å². The topological polar surface area (TPSA) is 63.4 Å². The first kappa shape index (κ1) is 13.8. The molecule has 0 atom stereocenters. The molecule has 1 heterocycles. The Morgan fingerprint density at radius 1 is 1.32 bits per heavy atom. The van der Waals surface area contributed by atoms with E-state index in [1.54, 1.807) is 6.08 Å². The average Bonchev–Trinajstić information content (AvgIpc) is 2.63. The van der Waals surface area contributed by atoms with Gasteiger partial charge in [0.2, 0.25) is 0 Å². The van der Waals surface area contributed by atoms with Crippen LogP contribution in [0.15, 0.2) is 23.1 Å². The van der Waals surface area contributed by atoms with Crippen molar-refractivity contribution in [3.05, 3.63) is 39.8 Å². The minimum absolute atomic E-state index is 0.244. The molecule has 5 heteroatoms. The summed E-state index contributed by atoms with van der Waals surface area (Å²) in [5, 5.41) is -0.244. The van der Waals surface area contributed by atoms with Gasteiger partial charge in [0.15, 0.2) is 0 Å². The molecule has 1 aliphatic heterocycles. The lowest BCUT2D eigenvalue weighted by atomic mass is 10.0. The zero-order chi connectivity index (χ0) is 14.0. The van der Waals surface area contributed by atoms with Crippen molar-refractivity contribution in [2.45, 2.75) is 13.8 Å². The van der Waals surface area contributed by atoms with E-state index in [4.69, 9.17) is 5.73 Å². The molecular weight excluding hydrogens is 260 g/mol. The lowest BCUT2D eigenvalue weighted by Gasteiger charge is -2.09. The highest BCUT2D eigenvalue weighted by molar-refractivity contribution is 8.18. The molecule has 1 aliphatic rings. The van der Waals surface area contributed by atoms with Gasteiger partial charge in [-0.05, 0) is 48.4 Å². The number of hydrogen-bond acceptors (Lipinski definition) is 4. The van der Waals surface area contributed by atoms with Gasteiger partial charge < -0.3 is 5.73 Å². The third-order valence-corrected chi connectivity index (χ3v) is 4.07. The fraction of sp³-hybridized carbons (Fsp3) is 0.286. The summed E-state index contributed by atoms with van der Waals surface area (Å²) in [6.07, 6.45) is 1.78. The van der Waals surface area contributed by atoms with Gasteiger partial charge in [0, 0.05) is 13.1 Å². The summed E-state index contributed by atoms with van der Waals surface area (Å²) in [4.78, 5) is 25.4. The highest BCUT2D eigenvalue weighted by Crippen LogP contribution is 2.32. The molecule has 0 aliphatic carbocycles. The van der Waals surface area contributed by atoms with Gasteiger partial charge in [0.1, 0.15) is 0 Å². The minimum atomic E-state index is -0.249. The van der Waals surface area contributed by atoms with Crippen molar-refractivity contribution < 1.29 is 9.59 Å². The molecule has 0 unspecified atom stereocenters. The molecule has 1 saturated heterocycles. The van der Waals surface area contributed by atoms with E-state index in [0.29, 0.717) is 4.91 Å². The Morgan fingerprint density at radius 2 is 2.05 bits per heavy atom. The van der Waals surface area contributed by atoms with E-state index in [0.717, 1.165) is 28.5 Å². The van der Waals surface area contributed by atoms with Gasteiger partial charge in [-0.2, -0.15) is 0 Å². The molecule has 1 aromatic rings. The third kappa shape index (κ3) is 2.72. The first-order valence-electron chi connectivity index (χ1n) is 6.06. The van der Waals surface area contributed by atoms with E-state index in [9.17, 15) is 9.59 Å². The minimum Gasteiger partial charge on any atom is -0.329 e. The molecule has 2 amide bonds. The summed E-state index contributed by atoms with van der Waals surface area (Å²) in [5.41, 5.74) is 8.65. The van der Waals surface area contributed by atoms with E-state index in [-0.39, 0.29) is 24.2 Å². The van der Waals surface area contributed by atoms with Crippen LogP contribution in [0.25, 0.3) is 6.08 Å². The van der Waals surface area contributed by atoms with Crippen molar-refractivity contribution >= 4 is 29.0 Å². The van der Waals surface area contributed by atoms with Crippen molar-refractivity contribution in [2.75, 3.05) is 13.1 Å². The molecule has 2 rings (SSSR count). The predicted molar refractivity (Wildman–Crippen MR) is 77.6 cm³/mol. The number of carbonyl (C=O) groups is 2. The van der Waals surface area contributed by atoms with Crippen LogP contribution in [0.2, 0.25) is 0 Å². The lowest BCUT2D eigenvalue weighted by molar-refractivity contribution is -0.122. The maximum absolute atomic E-state index is 12.1.